The Hall–Kier alpha value is -3.67. The molecule has 0 bridgehead atoms. The zero-order valence-electron chi connectivity index (χ0n) is 25.0. The Morgan fingerprint density at radius 3 is 2.64 bits per heavy atom. The highest BCUT2D eigenvalue weighted by molar-refractivity contribution is 6.01. The molecular formula is C33H36F2N4O5. The molecule has 2 aromatic heterocycles. The van der Waals surface area contributed by atoms with Crippen LogP contribution in [-0.2, 0) is 15.9 Å². The summed E-state index contributed by atoms with van der Waals surface area (Å²) in [6, 6.07) is 6.55. The SMILES string of the molecule is CCc1c(F)ccc2cc(OCOC)cc(-c3ncc4c(N5CCC[C@]6(CCO6)C5)nc(OCC5(CO)CC5)nc4c3F)c12. The van der Waals surface area contributed by atoms with Crippen molar-refractivity contribution in [3.8, 4) is 23.0 Å². The summed E-state index contributed by atoms with van der Waals surface area (Å²) in [5.41, 5.74) is 0.403. The van der Waals surface area contributed by atoms with Gasteiger partial charge in [0, 0.05) is 43.8 Å². The maximum absolute atomic E-state index is 16.9. The molecule has 3 aliphatic rings. The van der Waals surface area contributed by atoms with Crippen LogP contribution in [0.1, 0.15) is 44.6 Å². The second-order valence-electron chi connectivity index (χ2n) is 12.3. The van der Waals surface area contributed by atoms with Gasteiger partial charge in [0.25, 0.3) is 0 Å². The molecule has 1 saturated carbocycles. The molecule has 1 aliphatic carbocycles. The highest BCUT2D eigenvalue weighted by Crippen LogP contribution is 2.46. The molecule has 0 amide bonds. The minimum atomic E-state index is -0.664. The molecule has 1 N–H and O–H groups in total. The summed E-state index contributed by atoms with van der Waals surface area (Å²) in [7, 11) is 1.51. The molecule has 2 saturated heterocycles. The summed E-state index contributed by atoms with van der Waals surface area (Å²) in [6.45, 7) is 4.19. The number of aromatic nitrogens is 3. The van der Waals surface area contributed by atoms with Gasteiger partial charge in [0.1, 0.15) is 28.6 Å². The van der Waals surface area contributed by atoms with E-state index in [2.05, 4.69) is 14.9 Å². The quantitative estimate of drug-likeness (QED) is 0.232. The number of aliphatic hydroxyl groups is 1. The molecule has 1 atom stereocenters. The number of ether oxygens (including phenoxy) is 4. The van der Waals surface area contributed by atoms with Crippen molar-refractivity contribution in [1.29, 1.82) is 0 Å². The van der Waals surface area contributed by atoms with E-state index in [1.807, 2.05) is 6.92 Å². The van der Waals surface area contributed by atoms with Gasteiger partial charge in [-0.15, -0.1) is 0 Å². The van der Waals surface area contributed by atoms with Crippen LogP contribution in [0.2, 0.25) is 0 Å². The molecule has 9 nitrogen and oxygen atoms in total. The van der Waals surface area contributed by atoms with Gasteiger partial charge in [-0.2, -0.15) is 9.97 Å². The van der Waals surface area contributed by atoms with E-state index in [1.54, 1.807) is 24.4 Å². The van der Waals surface area contributed by atoms with Crippen molar-refractivity contribution < 1.29 is 32.8 Å². The third kappa shape index (κ3) is 5.10. The number of methoxy groups -OCH3 is 1. The highest BCUT2D eigenvalue weighted by atomic mass is 19.1. The van der Waals surface area contributed by atoms with Gasteiger partial charge in [-0.3, -0.25) is 4.98 Å². The fraction of sp³-hybridized carbons (Fsp3) is 0.485. The monoisotopic (exact) mass is 606 g/mol. The Bertz CT molecular complexity index is 1730. The Balaban J connectivity index is 1.40. The van der Waals surface area contributed by atoms with Crippen LogP contribution in [0, 0.1) is 17.0 Å². The first-order valence-electron chi connectivity index (χ1n) is 15.2. The van der Waals surface area contributed by atoms with Gasteiger partial charge in [0.05, 0.1) is 30.8 Å². The fourth-order valence-electron chi connectivity index (χ4n) is 6.48. The predicted octanol–water partition coefficient (Wildman–Crippen LogP) is 5.58. The zero-order valence-corrected chi connectivity index (χ0v) is 25.0. The minimum absolute atomic E-state index is 0.00589. The van der Waals surface area contributed by atoms with Crippen LogP contribution in [0.15, 0.2) is 30.5 Å². The maximum Gasteiger partial charge on any atom is 0.319 e. The van der Waals surface area contributed by atoms with Crippen molar-refractivity contribution in [2.45, 2.75) is 51.0 Å². The molecule has 44 heavy (non-hydrogen) atoms. The van der Waals surface area contributed by atoms with Crippen LogP contribution in [-0.4, -0.2) is 72.5 Å². The number of piperidine rings is 1. The number of aliphatic hydroxyl groups excluding tert-OH is 1. The molecule has 4 aromatic rings. The fourth-order valence-corrected chi connectivity index (χ4v) is 6.48. The topological polar surface area (TPSA) is 99.1 Å². The zero-order chi connectivity index (χ0) is 30.5. The molecule has 7 rings (SSSR count). The minimum Gasteiger partial charge on any atom is -0.468 e. The molecule has 232 valence electrons. The number of hydrogen-bond acceptors (Lipinski definition) is 9. The van der Waals surface area contributed by atoms with Crippen LogP contribution in [0.25, 0.3) is 32.9 Å². The normalized spacial score (nSPS) is 20.7. The molecule has 4 heterocycles. The number of anilines is 1. The van der Waals surface area contributed by atoms with Crippen LogP contribution in [0.4, 0.5) is 14.6 Å². The predicted molar refractivity (Wildman–Crippen MR) is 161 cm³/mol. The molecule has 2 aromatic carbocycles. The van der Waals surface area contributed by atoms with E-state index in [0.29, 0.717) is 51.8 Å². The van der Waals surface area contributed by atoms with Crippen LogP contribution >= 0.6 is 0 Å². The lowest BCUT2D eigenvalue weighted by Gasteiger charge is -2.48. The number of aryl methyl sites for hydroxylation is 1. The number of halogens is 2. The summed E-state index contributed by atoms with van der Waals surface area (Å²) < 4.78 is 54.8. The lowest BCUT2D eigenvalue weighted by atomic mass is 9.86. The summed E-state index contributed by atoms with van der Waals surface area (Å²) in [6.07, 6.45) is 6.54. The van der Waals surface area contributed by atoms with Gasteiger partial charge >= 0.3 is 6.01 Å². The van der Waals surface area contributed by atoms with Gasteiger partial charge in [0.2, 0.25) is 0 Å². The van der Waals surface area contributed by atoms with Crippen LogP contribution in [0.5, 0.6) is 11.8 Å². The van der Waals surface area contributed by atoms with E-state index in [9.17, 15) is 5.11 Å². The van der Waals surface area contributed by atoms with Crippen LogP contribution < -0.4 is 14.4 Å². The first-order chi connectivity index (χ1) is 21.4. The highest BCUT2D eigenvalue weighted by Gasteiger charge is 2.44. The molecule has 0 radical (unpaired) electrons. The van der Waals surface area contributed by atoms with Crippen molar-refractivity contribution in [2.24, 2.45) is 5.41 Å². The van der Waals surface area contributed by atoms with E-state index in [4.69, 9.17) is 23.9 Å². The second kappa shape index (κ2) is 11.4. The summed E-state index contributed by atoms with van der Waals surface area (Å²) >= 11 is 0. The smallest absolute Gasteiger partial charge is 0.319 e. The van der Waals surface area contributed by atoms with Gasteiger partial charge in [0.15, 0.2) is 12.6 Å². The van der Waals surface area contributed by atoms with Gasteiger partial charge in [-0.05, 0) is 66.6 Å². The first kappa shape index (κ1) is 29.1. The molecule has 2 aliphatic heterocycles. The molecule has 11 heteroatoms. The van der Waals surface area contributed by atoms with E-state index < -0.39 is 5.82 Å². The van der Waals surface area contributed by atoms with E-state index in [-0.39, 0.29) is 54.1 Å². The lowest BCUT2D eigenvalue weighted by molar-refractivity contribution is -0.151. The third-order valence-corrected chi connectivity index (χ3v) is 9.34. The lowest BCUT2D eigenvalue weighted by Crippen LogP contribution is -2.56. The average Bonchev–Trinajstić information content (AvgIpc) is 3.82. The summed E-state index contributed by atoms with van der Waals surface area (Å²) in [5, 5.41) is 11.5. The number of rotatable bonds is 10. The number of hydrogen-bond donors (Lipinski definition) is 1. The van der Waals surface area contributed by atoms with Gasteiger partial charge < -0.3 is 29.0 Å². The Labute approximate surface area is 254 Å². The Kier molecular flexibility index (Phi) is 7.50. The second-order valence-corrected chi connectivity index (χ2v) is 12.3. The standard InChI is InChI=1S/C33H36F2N4O5/c1-3-22-25(34)6-5-20-13-21(43-19-41-2)14-23(26(20)22)28-27(35)29-24(15-36-28)30(39-11-4-7-33(16-39)10-12-44-33)38-31(37-29)42-18-32(17-40)8-9-32/h5-6,13-15,40H,3-4,7-12,16-19H2,1-2H3/t33-/m0/s1. The Morgan fingerprint density at radius 1 is 1.09 bits per heavy atom. The van der Waals surface area contributed by atoms with Crippen molar-refractivity contribution in [3.63, 3.8) is 0 Å². The van der Waals surface area contributed by atoms with Crippen molar-refractivity contribution in [1.82, 2.24) is 15.0 Å². The van der Waals surface area contributed by atoms with Crippen LogP contribution in [0.3, 0.4) is 0 Å². The number of benzene rings is 2. The van der Waals surface area contributed by atoms with E-state index in [0.717, 1.165) is 45.3 Å². The molecule has 0 unspecified atom stereocenters. The average molecular weight is 607 g/mol. The van der Waals surface area contributed by atoms with Crippen molar-refractivity contribution >= 4 is 27.5 Å². The number of pyridine rings is 1. The maximum atomic E-state index is 16.9. The van der Waals surface area contributed by atoms with Crippen molar-refractivity contribution in [2.75, 3.05) is 51.7 Å². The van der Waals surface area contributed by atoms with E-state index >= 15 is 8.78 Å². The van der Waals surface area contributed by atoms with Crippen molar-refractivity contribution in [3.05, 3.63) is 47.7 Å². The number of fused-ring (bicyclic) bond motifs is 2. The van der Waals surface area contributed by atoms with E-state index in [1.165, 1.54) is 13.2 Å². The number of nitrogens with zero attached hydrogens (tertiary/aromatic N) is 4. The van der Waals surface area contributed by atoms with Gasteiger partial charge in [-0.1, -0.05) is 13.0 Å². The summed E-state index contributed by atoms with van der Waals surface area (Å²) in [4.78, 5) is 16.0. The van der Waals surface area contributed by atoms with Gasteiger partial charge in [-0.25, -0.2) is 8.78 Å². The molecule has 3 fully saturated rings. The molecule has 1 spiro atoms. The largest absolute Gasteiger partial charge is 0.468 e. The Morgan fingerprint density at radius 2 is 1.93 bits per heavy atom. The molecular weight excluding hydrogens is 570 g/mol. The summed E-state index contributed by atoms with van der Waals surface area (Å²) in [5.74, 6) is -0.0610. The third-order valence-electron chi connectivity index (χ3n) is 9.34. The first-order valence-corrected chi connectivity index (χ1v) is 15.2.